The van der Waals surface area contributed by atoms with E-state index in [1.54, 1.807) is 0 Å². The van der Waals surface area contributed by atoms with E-state index in [2.05, 4.69) is 44.0 Å². The molecule has 1 heterocycles. The molecule has 0 saturated heterocycles. The molecule has 0 amide bonds. The second-order valence-corrected chi connectivity index (χ2v) is 4.96. The van der Waals surface area contributed by atoms with Gasteiger partial charge in [0.2, 0.25) is 0 Å². The molecule has 119 valence electrons. The molecule has 2 N–H and O–H groups in total. The van der Waals surface area contributed by atoms with Crippen molar-refractivity contribution >= 4 is 0 Å². The van der Waals surface area contributed by atoms with Gasteiger partial charge < -0.3 is 15.2 Å². The predicted molar refractivity (Wildman–Crippen MR) is 83.5 cm³/mol. The minimum Gasteiger partial charge on any atom is -0.400 e. The molecule has 3 nitrogen and oxygen atoms in total. The fourth-order valence-electron chi connectivity index (χ4n) is 1.60. The molecule has 0 spiro atoms. The number of aliphatic hydroxyl groups excluding tert-OH is 2. The van der Waals surface area contributed by atoms with Gasteiger partial charge in [-0.2, -0.15) is 0 Å². The molecule has 0 saturated carbocycles. The summed E-state index contributed by atoms with van der Waals surface area (Å²) in [4.78, 5) is 4.39. The number of hydrogen-bond acceptors (Lipinski definition) is 3. The zero-order valence-corrected chi connectivity index (χ0v) is 15.6. The maximum Gasteiger partial charge on any atom is 0.0319 e. The summed E-state index contributed by atoms with van der Waals surface area (Å²) in [6.45, 7) is 6.63. The van der Waals surface area contributed by atoms with Crippen LogP contribution in [0.25, 0.3) is 11.3 Å². The maximum atomic E-state index is 7.00. The molecule has 0 aliphatic carbocycles. The van der Waals surface area contributed by atoms with Crippen LogP contribution in [0.1, 0.15) is 26.3 Å². The molecule has 2 rings (SSSR count). The number of aliphatic hydroxyl groups is 2. The molecular weight excluding hydrogens is 442 g/mol. The third-order valence-corrected chi connectivity index (χ3v) is 2.61. The van der Waals surface area contributed by atoms with E-state index in [0.29, 0.717) is 0 Å². The van der Waals surface area contributed by atoms with Crippen LogP contribution in [0.3, 0.4) is 0 Å². The molecule has 0 bridgehead atoms. The minimum atomic E-state index is 0. The van der Waals surface area contributed by atoms with Gasteiger partial charge in [-0.25, -0.2) is 0 Å². The first-order chi connectivity index (χ1) is 9.57. The molecule has 21 heavy (non-hydrogen) atoms. The van der Waals surface area contributed by atoms with Crippen LogP contribution >= 0.6 is 0 Å². The zero-order valence-electron chi connectivity index (χ0n) is 13.2. The number of aromatic nitrogens is 1. The molecule has 0 fully saturated rings. The van der Waals surface area contributed by atoms with Crippen molar-refractivity contribution in [1.29, 1.82) is 0 Å². The quantitative estimate of drug-likeness (QED) is 0.636. The summed E-state index contributed by atoms with van der Waals surface area (Å²) in [6.07, 6.45) is 1.87. The first-order valence-electron chi connectivity index (χ1n) is 6.40. The fraction of sp³-hybridized carbons (Fsp3) is 0.353. The molecule has 0 atom stereocenters. The molecular formula is C17H24IrNO2-. The van der Waals surface area contributed by atoms with Crippen LogP contribution in [0, 0.1) is 6.07 Å². The van der Waals surface area contributed by atoms with E-state index in [4.69, 9.17) is 10.2 Å². The summed E-state index contributed by atoms with van der Waals surface area (Å²) in [6, 6.07) is 15.4. The van der Waals surface area contributed by atoms with Gasteiger partial charge in [0.25, 0.3) is 0 Å². The Labute approximate surface area is 141 Å². The van der Waals surface area contributed by atoms with Gasteiger partial charge in [0.1, 0.15) is 0 Å². The van der Waals surface area contributed by atoms with Gasteiger partial charge in [-0.05, 0) is 22.7 Å². The molecule has 0 aliphatic rings. The molecule has 2 aromatic rings. The molecule has 0 aliphatic heterocycles. The Bertz CT molecular complexity index is 482. The third-order valence-electron chi connectivity index (χ3n) is 2.61. The SMILES string of the molecule is CC(C)(C)c1ccnc(-c2[c-]cccc2)c1.CO.CO.[Ir]. The average molecular weight is 467 g/mol. The zero-order chi connectivity index (χ0) is 15.6. The first kappa shape index (κ1) is 22.2. The van der Waals surface area contributed by atoms with Crippen LogP contribution in [-0.2, 0) is 25.5 Å². The first-order valence-corrected chi connectivity index (χ1v) is 6.40. The third kappa shape index (κ3) is 7.49. The van der Waals surface area contributed by atoms with Gasteiger partial charge in [0.15, 0.2) is 0 Å². The number of nitrogens with zero attached hydrogens (tertiary/aromatic N) is 1. The van der Waals surface area contributed by atoms with Gasteiger partial charge in [-0.15, -0.1) is 35.9 Å². The summed E-state index contributed by atoms with van der Waals surface area (Å²) >= 11 is 0. The van der Waals surface area contributed by atoms with Crippen LogP contribution < -0.4 is 0 Å². The van der Waals surface area contributed by atoms with Gasteiger partial charge in [-0.1, -0.05) is 26.8 Å². The molecule has 1 aromatic carbocycles. The Balaban J connectivity index is 0. The van der Waals surface area contributed by atoms with Crippen LogP contribution in [0.5, 0.6) is 0 Å². The Morgan fingerprint density at radius 2 is 1.62 bits per heavy atom. The van der Waals surface area contributed by atoms with E-state index in [-0.39, 0.29) is 25.5 Å². The topological polar surface area (TPSA) is 53.4 Å². The normalized spacial score (nSPS) is 9.29. The summed E-state index contributed by atoms with van der Waals surface area (Å²) < 4.78 is 0. The number of benzene rings is 1. The predicted octanol–water partition coefficient (Wildman–Crippen LogP) is 3.06. The van der Waals surface area contributed by atoms with Crippen molar-refractivity contribution in [2.45, 2.75) is 26.2 Å². The fourth-order valence-corrected chi connectivity index (χ4v) is 1.60. The number of hydrogen-bond donors (Lipinski definition) is 2. The molecule has 4 heteroatoms. The van der Waals surface area contributed by atoms with E-state index in [1.807, 2.05) is 30.5 Å². The minimum absolute atomic E-state index is 0. The average Bonchev–Trinajstić information content (AvgIpc) is 2.51. The van der Waals surface area contributed by atoms with Crippen LogP contribution in [0.4, 0.5) is 0 Å². The van der Waals surface area contributed by atoms with Crippen molar-refractivity contribution in [1.82, 2.24) is 4.98 Å². The van der Waals surface area contributed by atoms with Gasteiger partial charge in [0.05, 0.1) is 0 Å². The van der Waals surface area contributed by atoms with Crippen LogP contribution in [0.2, 0.25) is 0 Å². The summed E-state index contributed by atoms with van der Waals surface area (Å²) in [5.41, 5.74) is 3.50. The molecule has 0 unspecified atom stereocenters. The Morgan fingerprint density at radius 3 is 2.10 bits per heavy atom. The van der Waals surface area contributed by atoms with Crippen LogP contribution in [-0.4, -0.2) is 29.4 Å². The van der Waals surface area contributed by atoms with E-state index in [1.165, 1.54) is 5.56 Å². The summed E-state index contributed by atoms with van der Waals surface area (Å²) in [5.74, 6) is 0. The van der Waals surface area contributed by atoms with Crippen molar-refractivity contribution in [2.75, 3.05) is 14.2 Å². The summed E-state index contributed by atoms with van der Waals surface area (Å²) in [7, 11) is 2.00. The van der Waals surface area contributed by atoms with Crippen LogP contribution in [0.15, 0.2) is 42.6 Å². The monoisotopic (exact) mass is 467 g/mol. The van der Waals surface area contributed by atoms with E-state index < -0.39 is 0 Å². The van der Waals surface area contributed by atoms with Crippen molar-refractivity contribution < 1.29 is 30.3 Å². The van der Waals surface area contributed by atoms with Crippen molar-refractivity contribution in [3.8, 4) is 11.3 Å². The Morgan fingerprint density at radius 1 is 1.00 bits per heavy atom. The standard InChI is InChI=1S/C15H16N.2CH4O.Ir/c1-15(2,3)13-9-10-16-14(11-13)12-7-5-4-6-8-12;2*1-2;/h4-7,9-11H,1-3H3;2*2H,1H3;/q-1;;;. The van der Waals surface area contributed by atoms with Crippen molar-refractivity contribution in [3.05, 3.63) is 54.2 Å². The van der Waals surface area contributed by atoms with Gasteiger partial charge in [-0.3, -0.25) is 0 Å². The van der Waals surface area contributed by atoms with Crippen molar-refractivity contribution in [3.63, 3.8) is 0 Å². The van der Waals surface area contributed by atoms with Gasteiger partial charge >= 0.3 is 0 Å². The second-order valence-electron chi connectivity index (χ2n) is 4.96. The largest absolute Gasteiger partial charge is 0.400 e. The van der Waals surface area contributed by atoms with E-state index in [9.17, 15) is 0 Å². The maximum absolute atomic E-state index is 7.00. The molecule has 1 radical (unpaired) electrons. The number of rotatable bonds is 1. The number of pyridine rings is 1. The Hall–Kier alpha value is -1.06. The van der Waals surface area contributed by atoms with E-state index in [0.717, 1.165) is 25.5 Å². The van der Waals surface area contributed by atoms with Crippen molar-refractivity contribution in [2.24, 2.45) is 0 Å². The molecule has 1 aromatic heterocycles. The second kappa shape index (κ2) is 11.6. The Kier molecular flexibility index (Phi) is 12.3. The smallest absolute Gasteiger partial charge is 0.0319 e. The summed E-state index contributed by atoms with van der Waals surface area (Å²) in [5, 5.41) is 14.0. The van der Waals surface area contributed by atoms with E-state index >= 15 is 0 Å². The van der Waals surface area contributed by atoms with Gasteiger partial charge in [0, 0.05) is 40.5 Å².